The summed E-state index contributed by atoms with van der Waals surface area (Å²) < 4.78 is 23.9. The summed E-state index contributed by atoms with van der Waals surface area (Å²) in [5, 5.41) is 11.4. The molecular weight excluding hydrogens is 286 g/mol. The van der Waals surface area contributed by atoms with Crippen molar-refractivity contribution in [2.24, 2.45) is 5.92 Å². The van der Waals surface area contributed by atoms with Gasteiger partial charge in [0.15, 0.2) is 0 Å². The Labute approximate surface area is 118 Å². The van der Waals surface area contributed by atoms with Crippen molar-refractivity contribution >= 4 is 22.0 Å². The number of carboxylic acids is 1. The maximum atomic E-state index is 11.8. The standard InChI is InChI=1S/C11H21N3O5S/c1-20(18,19)13-6-2-5-12-11(17)14(8-10(15)16)7-9-3-4-9/h9,13H,2-8H2,1H3,(H,12,17)(H,15,16). The first-order valence-electron chi connectivity index (χ1n) is 6.47. The molecule has 0 unspecified atom stereocenters. The van der Waals surface area contributed by atoms with E-state index in [-0.39, 0.29) is 13.1 Å². The summed E-state index contributed by atoms with van der Waals surface area (Å²) in [6, 6.07) is -0.418. The zero-order chi connectivity index (χ0) is 15.2. The lowest BCUT2D eigenvalue weighted by atomic mass is 10.3. The molecule has 0 aromatic heterocycles. The molecule has 0 aliphatic heterocycles. The first-order valence-corrected chi connectivity index (χ1v) is 8.36. The molecule has 9 heteroatoms. The van der Waals surface area contributed by atoms with Crippen molar-refractivity contribution in [2.45, 2.75) is 19.3 Å². The first-order chi connectivity index (χ1) is 9.28. The zero-order valence-corrected chi connectivity index (χ0v) is 12.3. The summed E-state index contributed by atoms with van der Waals surface area (Å²) in [7, 11) is -3.22. The van der Waals surface area contributed by atoms with Crippen LogP contribution in [0.1, 0.15) is 19.3 Å². The van der Waals surface area contributed by atoms with Gasteiger partial charge in [0.1, 0.15) is 6.54 Å². The van der Waals surface area contributed by atoms with E-state index in [1.807, 2.05) is 0 Å². The van der Waals surface area contributed by atoms with Crippen molar-refractivity contribution in [2.75, 3.05) is 32.4 Å². The molecule has 0 radical (unpaired) electrons. The van der Waals surface area contributed by atoms with Crippen LogP contribution in [-0.2, 0) is 14.8 Å². The van der Waals surface area contributed by atoms with Crippen LogP contribution in [0.3, 0.4) is 0 Å². The summed E-state index contributed by atoms with van der Waals surface area (Å²) in [5.74, 6) is -0.633. The molecule has 0 aromatic rings. The molecular formula is C11H21N3O5S. The van der Waals surface area contributed by atoms with E-state index in [2.05, 4.69) is 10.0 Å². The summed E-state index contributed by atoms with van der Waals surface area (Å²) in [5.41, 5.74) is 0. The quantitative estimate of drug-likeness (QED) is 0.493. The van der Waals surface area contributed by atoms with Gasteiger partial charge in [-0.15, -0.1) is 0 Å². The van der Waals surface area contributed by atoms with Crippen molar-refractivity contribution in [1.82, 2.24) is 14.9 Å². The smallest absolute Gasteiger partial charge is 0.323 e. The molecule has 0 atom stereocenters. The maximum Gasteiger partial charge on any atom is 0.323 e. The van der Waals surface area contributed by atoms with Crippen LogP contribution in [-0.4, -0.2) is 62.9 Å². The number of hydrogen-bond donors (Lipinski definition) is 3. The number of carbonyl (C=O) groups excluding carboxylic acids is 1. The van der Waals surface area contributed by atoms with Crippen LogP contribution in [0.5, 0.6) is 0 Å². The molecule has 2 amide bonds. The zero-order valence-electron chi connectivity index (χ0n) is 11.5. The van der Waals surface area contributed by atoms with Crippen LogP contribution in [0.15, 0.2) is 0 Å². The Hall–Kier alpha value is -1.35. The molecule has 1 saturated carbocycles. The summed E-state index contributed by atoms with van der Waals surface area (Å²) in [6.07, 6.45) is 3.57. The third-order valence-corrected chi connectivity index (χ3v) is 3.51. The maximum absolute atomic E-state index is 11.8. The van der Waals surface area contributed by atoms with Crippen LogP contribution in [0.4, 0.5) is 4.79 Å². The van der Waals surface area contributed by atoms with E-state index in [0.29, 0.717) is 25.4 Å². The van der Waals surface area contributed by atoms with Crippen LogP contribution in [0, 0.1) is 5.92 Å². The molecule has 0 heterocycles. The number of carboxylic acid groups (broad SMARTS) is 1. The Morgan fingerprint density at radius 2 is 1.95 bits per heavy atom. The second kappa shape index (κ2) is 7.44. The minimum atomic E-state index is -3.22. The largest absolute Gasteiger partial charge is 0.480 e. The van der Waals surface area contributed by atoms with Crippen molar-refractivity contribution in [3.05, 3.63) is 0 Å². The van der Waals surface area contributed by atoms with E-state index in [9.17, 15) is 18.0 Å². The average molecular weight is 307 g/mol. The van der Waals surface area contributed by atoms with Gasteiger partial charge in [0.25, 0.3) is 0 Å². The van der Waals surface area contributed by atoms with Gasteiger partial charge >= 0.3 is 12.0 Å². The molecule has 0 bridgehead atoms. The van der Waals surface area contributed by atoms with Crippen molar-refractivity contribution < 1.29 is 23.1 Å². The van der Waals surface area contributed by atoms with Gasteiger partial charge in [-0.1, -0.05) is 0 Å². The monoisotopic (exact) mass is 307 g/mol. The highest BCUT2D eigenvalue weighted by atomic mass is 32.2. The Kier molecular flexibility index (Phi) is 6.21. The Balaban J connectivity index is 2.24. The van der Waals surface area contributed by atoms with Gasteiger partial charge in [-0.3, -0.25) is 4.79 Å². The Bertz CT molecular complexity index is 447. The third kappa shape index (κ3) is 7.95. The van der Waals surface area contributed by atoms with E-state index in [0.717, 1.165) is 19.1 Å². The number of nitrogens with one attached hydrogen (secondary N) is 2. The molecule has 8 nitrogen and oxygen atoms in total. The second-order valence-electron chi connectivity index (χ2n) is 4.97. The average Bonchev–Trinajstić information content (AvgIpc) is 3.09. The first kappa shape index (κ1) is 16.7. The number of amides is 2. The van der Waals surface area contributed by atoms with Crippen molar-refractivity contribution in [3.8, 4) is 0 Å². The molecule has 1 rings (SSSR count). The number of nitrogens with zero attached hydrogens (tertiary/aromatic N) is 1. The molecule has 1 aliphatic carbocycles. The van der Waals surface area contributed by atoms with Crippen molar-refractivity contribution in [3.63, 3.8) is 0 Å². The Morgan fingerprint density at radius 3 is 2.45 bits per heavy atom. The van der Waals surface area contributed by atoms with E-state index in [1.165, 1.54) is 4.90 Å². The van der Waals surface area contributed by atoms with Gasteiger partial charge < -0.3 is 15.3 Å². The highest BCUT2D eigenvalue weighted by Crippen LogP contribution is 2.29. The van der Waals surface area contributed by atoms with Gasteiger partial charge in [0.2, 0.25) is 10.0 Å². The van der Waals surface area contributed by atoms with E-state index < -0.39 is 22.0 Å². The molecule has 0 saturated heterocycles. The van der Waals surface area contributed by atoms with E-state index in [4.69, 9.17) is 5.11 Å². The molecule has 1 aliphatic rings. The number of hydrogen-bond acceptors (Lipinski definition) is 4. The number of urea groups is 1. The summed E-state index contributed by atoms with van der Waals surface area (Å²) in [6.45, 7) is 0.673. The summed E-state index contributed by atoms with van der Waals surface area (Å²) >= 11 is 0. The van der Waals surface area contributed by atoms with Crippen LogP contribution in [0.25, 0.3) is 0 Å². The van der Waals surface area contributed by atoms with Gasteiger partial charge in [-0.25, -0.2) is 17.9 Å². The second-order valence-corrected chi connectivity index (χ2v) is 6.80. The molecule has 116 valence electrons. The molecule has 0 aromatic carbocycles. The normalized spacial score (nSPS) is 14.8. The topological polar surface area (TPSA) is 116 Å². The fourth-order valence-corrected chi connectivity index (χ4v) is 2.16. The lowest BCUT2D eigenvalue weighted by molar-refractivity contribution is -0.137. The summed E-state index contributed by atoms with van der Waals surface area (Å²) in [4.78, 5) is 23.8. The SMILES string of the molecule is CS(=O)(=O)NCCCNC(=O)N(CC(=O)O)CC1CC1. The van der Waals surface area contributed by atoms with Gasteiger partial charge in [-0.2, -0.15) is 0 Å². The van der Waals surface area contributed by atoms with Crippen LogP contribution < -0.4 is 10.0 Å². The number of sulfonamides is 1. The molecule has 0 spiro atoms. The van der Waals surface area contributed by atoms with Gasteiger partial charge in [0, 0.05) is 19.6 Å². The van der Waals surface area contributed by atoms with Crippen LogP contribution >= 0.6 is 0 Å². The third-order valence-electron chi connectivity index (χ3n) is 2.78. The van der Waals surface area contributed by atoms with Gasteiger partial charge in [0.05, 0.1) is 6.26 Å². The molecule has 20 heavy (non-hydrogen) atoms. The van der Waals surface area contributed by atoms with Crippen LogP contribution in [0.2, 0.25) is 0 Å². The van der Waals surface area contributed by atoms with Crippen molar-refractivity contribution in [1.29, 1.82) is 0 Å². The predicted molar refractivity (Wildman–Crippen MR) is 72.8 cm³/mol. The Morgan fingerprint density at radius 1 is 1.30 bits per heavy atom. The molecule has 1 fully saturated rings. The minimum absolute atomic E-state index is 0.237. The number of rotatable bonds is 9. The predicted octanol–water partition coefficient (Wildman–Crippen LogP) is -0.568. The minimum Gasteiger partial charge on any atom is -0.480 e. The lowest BCUT2D eigenvalue weighted by Gasteiger charge is -2.21. The number of carbonyl (C=O) groups is 2. The number of aliphatic carboxylic acids is 1. The highest BCUT2D eigenvalue weighted by molar-refractivity contribution is 7.88. The van der Waals surface area contributed by atoms with E-state index in [1.54, 1.807) is 0 Å². The molecule has 3 N–H and O–H groups in total. The van der Waals surface area contributed by atoms with E-state index >= 15 is 0 Å². The lowest BCUT2D eigenvalue weighted by Crippen LogP contribution is -2.44. The fourth-order valence-electron chi connectivity index (χ4n) is 1.65. The fraction of sp³-hybridized carbons (Fsp3) is 0.818. The van der Waals surface area contributed by atoms with Gasteiger partial charge in [-0.05, 0) is 25.2 Å². The highest BCUT2D eigenvalue weighted by Gasteiger charge is 2.27.